The van der Waals surface area contributed by atoms with Gasteiger partial charge in [-0.25, -0.2) is 13.1 Å². The average Bonchev–Trinajstić information content (AvgIpc) is 2.73. The van der Waals surface area contributed by atoms with Crippen LogP contribution in [0.15, 0.2) is 64.0 Å². The van der Waals surface area contributed by atoms with E-state index in [1.54, 1.807) is 31.2 Å². The van der Waals surface area contributed by atoms with E-state index >= 15 is 0 Å². The van der Waals surface area contributed by atoms with E-state index in [1.165, 1.54) is 0 Å². The molecule has 0 unspecified atom stereocenters. The first-order valence-corrected chi connectivity index (χ1v) is 12.3. The second kappa shape index (κ2) is 10.0. The number of amides is 1. The van der Waals surface area contributed by atoms with Crippen LogP contribution in [0.2, 0.25) is 0 Å². The molecule has 0 spiro atoms. The number of benzene rings is 2. The minimum atomic E-state index is -3.59. The molecule has 0 radical (unpaired) electrons. The summed E-state index contributed by atoms with van der Waals surface area (Å²) in [5.41, 5.74) is 0.858. The summed E-state index contributed by atoms with van der Waals surface area (Å²) in [5.74, 6) is -0.289. The van der Waals surface area contributed by atoms with Crippen molar-refractivity contribution in [1.82, 2.24) is 10.0 Å². The first kappa shape index (κ1) is 22.9. The standard InChI is InChI=1S/C22H27BrN2O4S/c1-15(26)21(16-5-3-2-4-6-16)24-22(27)17-7-11-19(12-8-17)25-30(28,29)20-13-9-18(23)10-14-20/h2-6,9-10,13-15,17,19,21,25-26H,7-8,11-12H2,1H3,(H,24,27)/t15-,17?,19?,21-/m1/s1. The Labute approximate surface area is 186 Å². The van der Waals surface area contributed by atoms with Gasteiger partial charge in [-0.05, 0) is 62.4 Å². The van der Waals surface area contributed by atoms with Crippen molar-refractivity contribution in [3.05, 3.63) is 64.6 Å². The van der Waals surface area contributed by atoms with Gasteiger partial charge in [-0.3, -0.25) is 4.79 Å². The number of rotatable bonds is 7. The molecule has 0 aliphatic heterocycles. The number of aliphatic hydroxyl groups is 1. The molecule has 162 valence electrons. The Bertz CT molecular complexity index is 941. The fourth-order valence-electron chi connectivity index (χ4n) is 3.79. The van der Waals surface area contributed by atoms with Crippen molar-refractivity contribution in [1.29, 1.82) is 0 Å². The lowest BCUT2D eigenvalue weighted by Crippen LogP contribution is -2.43. The van der Waals surface area contributed by atoms with Crippen molar-refractivity contribution < 1.29 is 18.3 Å². The Morgan fingerprint density at radius 3 is 2.20 bits per heavy atom. The SMILES string of the molecule is C[C@@H](O)[C@@H](NC(=O)C1CCC(NS(=O)(=O)c2ccc(Br)cc2)CC1)c1ccccc1. The van der Waals surface area contributed by atoms with Gasteiger partial charge in [0.05, 0.1) is 17.0 Å². The smallest absolute Gasteiger partial charge is 0.240 e. The Morgan fingerprint density at radius 2 is 1.63 bits per heavy atom. The molecule has 0 aromatic heterocycles. The molecule has 3 N–H and O–H groups in total. The van der Waals surface area contributed by atoms with Crippen LogP contribution in [-0.2, 0) is 14.8 Å². The van der Waals surface area contributed by atoms with E-state index in [-0.39, 0.29) is 22.8 Å². The van der Waals surface area contributed by atoms with Gasteiger partial charge in [0.15, 0.2) is 0 Å². The van der Waals surface area contributed by atoms with E-state index in [0.717, 1.165) is 10.0 Å². The zero-order valence-corrected chi connectivity index (χ0v) is 19.2. The highest BCUT2D eigenvalue weighted by atomic mass is 79.9. The molecule has 1 aliphatic rings. The summed E-state index contributed by atoms with van der Waals surface area (Å²) in [7, 11) is -3.59. The van der Waals surface area contributed by atoms with Gasteiger partial charge in [0.2, 0.25) is 15.9 Å². The highest BCUT2D eigenvalue weighted by molar-refractivity contribution is 9.10. The van der Waals surface area contributed by atoms with Gasteiger partial charge in [0, 0.05) is 16.4 Å². The summed E-state index contributed by atoms with van der Waals surface area (Å²) in [6.45, 7) is 1.66. The molecule has 2 aromatic carbocycles. The van der Waals surface area contributed by atoms with Crippen LogP contribution >= 0.6 is 15.9 Å². The normalized spacial score (nSPS) is 21.6. The molecule has 0 saturated heterocycles. The van der Waals surface area contributed by atoms with E-state index in [9.17, 15) is 18.3 Å². The minimum absolute atomic E-state index is 0.0982. The summed E-state index contributed by atoms with van der Waals surface area (Å²) < 4.78 is 28.7. The largest absolute Gasteiger partial charge is 0.391 e. The molecular formula is C22H27BrN2O4S. The molecule has 0 bridgehead atoms. The third-order valence-corrected chi connectivity index (χ3v) is 7.55. The lowest BCUT2D eigenvalue weighted by molar-refractivity contribution is -0.127. The van der Waals surface area contributed by atoms with Gasteiger partial charge in [0.1, 0.15) is 0 Å². The zero-order chi connectivity index (χ0) is 21.7. The van der Waals surface area contributed by atoms with Crippen molar-refractivity contribution in [3.8, 4) is 0 Å². The van der Waals surface area contributed by atoms with Crippen molar-refractivity contribution >= 4 is 31.9 Å². The Hall–Kier alpha value is -1.74. The van der Waals surface area contributed by atoms with E-state index in [2.05, 4.69) is 26.0 Å². The van der Waals surface area contributed by atoms with E-state index in [0.29, 0.717) is 25.7 Å². The first-order chi connectivity index (χ1) is 14.3. The zero-order valence-electron chi connectivity index (χ0n) is 16.8. The predicted molar refractivity (Wildman–Crippen MR) is 119 cm³/mol. The van der Waals surface area contributed by atoms with Gasteiger partial charge in [-0.1, -0.05) is 46.3 Å². The maximum atomic E-state index is 12.8. The molecule has 2 aromatic rings. The monoisotopic (exact) mass is 494 g/mol. The Morgan fingerprint density at radius 1 is 1.03 bits per heavy atom. The Kier molecular flexibility index (Phi) is 7.68. The first-order valence-electron chi connectivity index (χ1n) is 10.1. The van der Waals surface area contributed by atoms with Gasteiger partial charge in [-0.2, -0.15) is 0 Å². The van der Waals surface area contributed by atoms with Crippen LogP contribution in [0.4, 0.5) is 0 Å². The molecule has 0 heterocycles. The molecule has 1 fully saturated rings. The number of aliphatic hydroxyl groups excluding tert-OH is 1. The van der Waals surface area contributed by atoms with Crippen molar-refractivity contribution in [2.45, 2.75) is 55.7 Å². The number of halogens is 1. The highest BCUT2D eigenvalue weighted by Gasteiger charge is 2.31. The summed E-state index contributed by atoms with van der Waals surface area (Å²) in [6, 6.07) is 15.3. The molecule has 3 rings (SSSR count). The summed E-state index contributed by atoms with van der Waals surface area (Å²) in [6.07, 6.45) is 1.67. The highest BCUT2D eigenvalue weighted by Crippen LogP contribution is 2.27. The van der Waals surface area contributed by atoms with Crippen molar-refractivity contribution in [3.63, 3.8) is 0 Å². The van der Waals surface area contributed by atoms with Crippen LogP contribution in [-0.4, -0.2) is 31.6 Å². The van der Waals surface area contributed by atoms with Crippen LogP contribution in [0, 0.1) is 5.92 Å². The van der Waals surface area contributed by atoms with Crippen LogP contribution in [0.5, 0.6) is 0 Å². The van der Waals surface area contributed by atoms with E-state index < -0.39 is 22.2 Å². The lowest BCUT2D eigenvalue weighted by Gasteiger charge is -2.30. The number of hydrogen-bond acceptors (Lipinski definition) is 4. The van der Waals surface area contributed by atoms with Crippen molar-refractivity contribution in [2.75, 3.05) is 0 Å². The van der Waals surface area contributed by atoms with E-state index in [4.69, 9.17) is 0 Å². The molecular weight excluding hydrogens is 468 g/mol. The van der Waals surface area contributed by atoms with Crippen LogP contribution in [0.1, 0.15) is 44.2 Å². The summed E-state index contributed by atoms with van der Waals surface area (Å²) in [5, 5.41) is 13.1. The van der Waals surface area contributed by atoms with Gasteiger partial charge < -0.3 is 10.4 Å². The molecule has 8 heteroatoms. The molecule has 1 amide bonds. The second-order valence-electron chi connectivity index (χ2n) is 7.76. The quantitative estimate of drug-likeness (QED) is 0.548. The van der Waals surface area contributed by atoms with Crippen LogP contribution < -0.4 is 10.0 Å². The number of nitrogens with one attached hydrogen (secondary N) is 2. The van der Waals surface area contributed by atoms with Crippen LogP contribution in [0.25, 0.3) is 0 Å². The number of hydrogen-bond donors (Lipinski definition) is 3. The van der Waals surface area contributed by atoms with Gasteiger partial charge in [-0.15, -0.1) is 0 Å². The van der Waals surface area contributed by atoms with Crippen LogP contribution in [0.3, 0.4) is 0 Å². The average molecular weight is 495 g/mol. The molecule has 1 saturated carbocycles. The van der Waals surface area contributed by atoms with Gasteiger partial charge in [0.25, 0.3) is 0 Å². The third kappa shape index (κ3) is 5.91. The fraction of sp³-hybridized carbons (Fsp3) is 0.409. The maximum absolute atomic E-state index is 12.8. The lowest BCUT2D eigenvalue weighted by atomic mass is 9.85. The van der Waals surface area contributed by atoms with E-state index in [1.807, 2.05) is 30.3 Å². The molecule has 30 heavy (non-hydrogen) atoms. The number of carbonyl (C=O) groups is 1. The minimum Gasteiger partial charge on any atom is -0.391 e. The molecule has 1 aliphatic carbocycles. The summed E-state index contributed by atoms with van der Waals surface area (Å²) >= 11 is 3.30. The fourth-order valence-corrected chi connectivity index (χ4v) is 5.36. The number of sulfonamides is 1. The topological polar surface area (TPSA) is 95.5 Å². The van der Waals surface area contributed by atoms with Gasteiger partial charge >= 0.3 is 0 Å². The Balaban J connectivity index is 1.55. The predicted octanol–water partition coefficient (Wildman–Crippen LogP) is 3.52. The molecule has 2 atom stereocenters. The second-order valence-corrected chi connectivity index (χ2v) is 10.4. The third-order valence-electron chi connectivity index (χ3n) is 5.48. The van der Waals surface area contributed by atoms with Crippen molar-refractivity contribution in [2.24, 2.45) is 5.92 Å². The molecule has 6 nitrogen and oxygen atoms in total. The number of carbonyl (C=O) groups excluding carboxylic acids is 1. The summed E-state index contributed by atoms with van der Waals surface area (Å²) in [4.78, 5) is 13.0. The maximum Gasteiger partial charge on any atom is 0.240 e.